The molecule has 0 radical (unpaired) electrons. The minimum Gasteiger partial charge on any atom is -0.464 e. The molecule has 2 aromatic heterocycles. The van der Waals surface area contributed by atoms with Crippen molar-refractivity contribution in [1.82, 2.24) is 9.97 Å². The summed E-state index contributed by atoms with van der Waals surface area (Å²) in [6.45, 7) is 6.07. The highest BCUT2D eigenvalue weighted by Crippen LogP contribution is 2.27. The summed E-state index contributed by atoms with van der Waals surface area (Å²) in [5.41, 5.74) is 2.16. The molecule has 1 unspecified atom stereocenters. The monoisotopic (exact) mass is 291 g/mol. The van der Waals surface area contributed by atoms with Crippen molar-refractivity contribution >= 4 is 23.0 Å². The van der Waals surface area contributed by atoms with Gasteiger partial charge in [0.25, 0.3) is 0 Å². The highest BCUT2D eigenvalue weighted by Gasteiger charge is 2.14. The zero-order chi connectivity index (χ0) is 14.7. The van der Waals surface area contributed by atoms with E-state index >= 15 is 0 Å². The Morgan fingerprint density at radius 1 is 1.45 bits per heavy atom. The Morgan fingerprint density at radius 2 is 2.20 bits per heavy atom. The van der Waals surface area contributed by atoms with Crippen LogP contribution < -0.4 is 5.32 Å². The number of pyridine rings is 1. The average molecular weight is 291 g/mol. The summed E-state index contributed by atoms with van der Waals surface area (Å²) in [6, 6.07) is 3.63. The van der Waals surface area contributed by atoms with E-state index < -0.39 is 5.97 Å². The topological polar surface area (TPSA) is 64.1 Å². The number of ether oxygens (including phenoxy) is 1. The highest BCUT2D eigenvalue weighted by molar-refractivity contribution is 7.11. The van der Waals surface area contributed by atoms with Crippen LogP contribution in [0.25, 0.3) is 0 Å². The molecule has 0 aliphatic rings. The number of aryl methyl sites for hydroxylation is 2. The minimum atomic E-state index is -0.439. The van der Waals surface area contributed by atoms with Gasteiger partial charge in [0.15, 0.2) is 0 Å². The van der Waals surface area contributed by atoms with Crippen LogP contribution in [0, 0.1) is 13.8 Å². The van der Waals surface area contributed by atoms with Gasteiger partial charge in [0.1, 0.15) is 5.69 Å². The Balaban J connectivity index is 2.17. The van der Waals surface area contributed by atoms with Crippen molar-refractivity contribution in [3.05, 3.63) is 39.6 Å². The molecule has 0 aliphatic heterocycles. The quantitative estimate of drug-likeness (QED) is 0.877. The highest BCUT2D eigenvalue weighted by atomic mass is 32.1. The first-order chi connectivity index (χ1) is 9.51. The van der Waals surface area contributed by atoms with Crippen LogP contribution in [-0.4, -0.2) is 23.0 Å². The smallest absolute Gasteiger partial charge is 0.356 e. The molecule has 6 heteroatoms. The average Bonchev–Trinajstić information content (AvgIpc) is 2.77. The van der Waals surface area contributed by atoms with Crippen LogP contribution in [0.1, 0.15) is 39.0 Å². The summed E-state index contributed by atoms with van der Waals surface area (Å²) in [5, 5.41) is 4.41. The molecule has 0 aromatic carbocycles. The van der Waals surface area contributed by atoms with E-state index in [0.717, 1.165) is 16.4 Å². The third kappa shape index (κ3) is 3.14. The van der Waals surface area contributed by atoms with E-state index in [2.05, 4.69) is 26.9 Å². The van der Waals surface area contributed by atoms with Gasteiger partial charge >= 0.3 is 5.97 Å². The summed E-state index contributed by atoms with van der Waals surface area (Å²) in [4.78, 5) is 21.1. The van der Waals surface area contributed by atoms with Crippen molar-refractivity contribution < 1.29 is 9.53 Å². The second-order valence-corrected chi connectivity index (χ2v) is 5.70. The number of rotatable bonds is 4. The third-order valence-corrected chi connectivity index (χ3v) is 4.13. The number of hydrogen-bond acceptors (Lipinski definition) is 6. The fourth-order valence-corrected chi connectivity index (χ4v) is 2.93. The predicted molar refractivity (Wildman–Crippen MR) is 79.2 cm³/mol. The number of thiazole rings is 1. The number of anilines is 1. The molecular weight excluding hydrogens is 274 g/mol. The fraction of sp³-hybridized carbons (Fsp3) is 0.357. The van der Waals surface area contributed by atoms with Crippen molar-refractivity contribution in [3.63, 3.8) is 0 Å². The third-order valence-electron chi connectivity index (χ3n) is 2.87. The normalized spacial score (nSPS) is 12.0. The molecule has 2 heterocycles. The lowest BCUT2D eigenvalue weighted by molar-refractivity contribution is 0.0594. The molecule has 2 aromatic rings. The molecule has 0 spiro atoms. The summed E-state index contributed by atoms with van der Waals surface area (Å²) < 4.78 is 4.67. The van der Waals surface area contributed by atoms with Gasteiger partial charge in [0, 0.05) is 16.8 Å². The van der Waals surface area contributed by atoms with Gasteiger partial charge in [0.05, 0.1) is 23.9 Å². The molecule has 106 valence electrons. The number of nitrogens with one attached hydrogen (secondary N) is 1. The van der Waals surface area contributed by atoms with Crippen LogP contribution in [0.3, 0.4) is 0 Å². The SMILES string of the molecule is COC(=O)c1cc(NC(C)c2sc(C)nc2C)ccn1. The number of carbonyl (C=O) groups excluding carboxylic acids is 1. The molecule has 1 N–H and O–H groups in total. The molecule has 20 heavy (non-hydrogen) atoms. The zero-order valence-electron chi connectivity index (χ0n) is 11.9. The first-order valence-corrected chi connectivity index (χ1v) is 7.07. The number of methoxy groups -OCH3 is 1. The Morgan fingerprint density at radius 3 is 2.80 bits per heavy atom. The number of hydrogen-bond donors (Lipinski definition) is 1. The van der Waals surface area contributed by atoms with Crippen LogP contribution in [0.4, 0.5) is 5.69 Å². The largest absolute Gasteiger partial charge is 0.464 e. The van der Waals surface area contributed by atoms with Crippen molar-refractivity contribution in [1.29, 1.82) is 0 Å². The van der Waals surface area contributed by atoms with E-state index in [1.807, 2.05) is 19.9 Å². The number of aromatic nitrogens is 2. The Bertz CT molecular complexity index is 625. The van der Waals surface area contributed by atoms with Crippen LogP contribution >= 0.6 is 11.3 Å². The summed E-state index contributed by atoms with van der Waals surface area (Å²) >= 11 is 1.68. The Kier molecular flexibility index (Phi) is 4.34. The van der Waals surface area contributed by atoms with Crippen molar-refractivity contribution in [2.24, 2.45) is 0 Å². The summed E-state index contributed by atoms with van der Waals surface area (Å²) in [6.07, 6.45) is 1.59. The first kappa shape index (κ1) is 14.5. The first-order valence-electron chi connectivity index (χ1n) is 6.26. The van der Waals surface area contributed by atoms with E-state index in [1.54, 1.807) is 23.6 Å². The molecular formula is C14H17N3O2S. The molecule has 0 saturated heterocycles. The second-order valence-electron chi connectivity index (χ2n) is 4.47. The van der Waals surface area contributed by atoms with Gasteiger partial charge in [-0.3, -0.25) is 0 Å². The van der Waals surface area contributed by atoms with E-state index in [9.17, 15) is 4.79 Å². The van der Waals surface area contributed by atoms with Crippen LogP contribution in [-0.2, 0) is 4.74 Å². The molecule has 2 rings (SSSR count). The number of esters is 1. The maximum Gasteiger partial charge on any atom is 0.356 e. The van der Waals surface area contributed by atoms with E-state index in [-0.39, 0.29) is 6.04 Å². The standard InChI is InChI=1S/C14H17N3O2S/c1-8-13(20-10(3)16-8)9(2)17-11-5-6-15-12(7-11)14(18)19-4/h5-7,9H,1-4H3,(H,15,17). The predicted octanol–water partition coefficient (Wildman–Crippen LogP) is 3.11. The molecule has 0 saturated carbocycles. The van der Waals surface area contributed by atoms with Crippen LogP contribution in [0.5, 0.6) is 0 Å². The van der Waals surface area contributed by atoms with Gasteiger partial charge < -0.3 is 10.1 Å². The lowest BCUT2D eigenvalue weighted by Crippen LogP contribution is -2.09. The molecule has 5 nitrogen and oxygen atoms in total. The van der Waals surface area contributed by atoms with E-state index in [0.29, 0.717) is 5.69 Å². The lowest BCUT2D eigenvalue weighted by Gasteiger charge is -2.14. The van der Waals surface area contributed by atoms with Gasteiger partial charge in [-0.05, 0) is 32.9 Å². The van der Waals surface area contributed by atoms with E-state index in [1.165, 1.54) is 12.0 Å². The lowest BCUT2D eigenvalue weighted by atomic mass is 10.2. The molecule has 1 atom stereocenters. The minimum absolute atomic E-state index is 0.120. The maximum absolute atomic E-state index is 11.5. The van der Waals surface area contributed by atoms with Gasteiger partial charge in [-0.2, -0.15) is 0 Å². The Hall–Kier alpha value is -1.95. The fourth-order valence-electron chi connectivity index (χ4n) is 2.00. The van der Waals surface area contributed by atoms with Crippen molar-refractivity contribution in [2.45, 2.75) is 26.8 Å². The van der Waals surface area contributed by atoms with Crippen molar-refractivity contribution in [3.8, 4) is 0 Å². The molecule has 0 amide bonds. The second kappa shape index (κ2) is 6.00. The van der Waals surface area contributed by atoms with E-state index in [4.69, 9.17) is 0 Å². The van der Waals surface area contributed by atoms with Crippen LogP contribution in [0.15, 0.2) is 18.3 Å². The number of carbonyl (C=O) groups is 1. The molecule has 0 bridgehead atoms. The van der Waals surface area contributed by atoms with Gasteiger partial charge in [-0.1, -0.05) is 0 Å². The van der Waals surface area contributed by atoms with Gasteiger partial charge in [-0.25, -0.2) is 14.8 Å². The van der Waals surface area contributed by atoms with Crippen molar-refractivity contribution in [2.75, 3.05) is 12.4 Å². The summed E-state index contributed by atoms with van der Waals surface area (Å²) in [5.74, 6) is -0.439. The summed E-state index contributed by atoms with van der Waals surface area (Å²) in [7, 11) is 1.34. The maximum atomic E-state index is 11.5. The zero-order valence-corrected chi connectivity index (χ0v) is 12.7. The Labute approximate surface area is 122 Å². The molecule has 0 fully saturated rings. The number of nitrogens with zero attached hydrogens (tertiary/aromatic N) is 2. The van der Waals surface area contributed by atoms with Gasteiger partial charge in [0.2, 0.25) is 0 Å². The van der Waals surface area contributed by atoms with Crippen LogP contribution in [0.2, 0.25) is 0 Å². The van der Waals surface area contributed by atoms with Gasteiger partial charge in [-0.15, -0.1) is 11.3 Å². The molecule has 0 aliphatic carbocycles.